The Morgan fingerprint density at radius 3 is 2.61 bits per heavy atom. The average molecular weight is 625 g/mol. The van der Waals surface area contributed by atoms with Gasteiger partial charge < -0.3 is 4.74 Å². The molecule has 46 heavy (non-hydrogen) atoms. The van der Waals surface area contributed by atoms with Gasteiger partial charge in [0.15, 0.2) is 5.78 Å². The zero-order valence-electron chi connectivity index (χ0n) is 26.3. The SMILES string of the molecule is C=CC/C=C(/CC1=NC=CC(c2ccc(C(=O)C(=C)c3ccccc3C=C)c(OC)c2)C=C1CC)c1ccc2ccncc2c1Cl. The van der Waals surface area contributed by atoms with E-state index in [0.29, 0.717) is 34.8 Å². The third-order valence-corrected chi connectivity index (χ3v) is 8.69. The van der Waals surface area contributed by atoms with Crippen LogP contribution in [0.4, 0.5) is 0 Å². The van der Waals surface area contributed by atoms with E-state index in [4.69, 9.17) is 21.3 Å². The van der Waals surface area contributed by atoms with Crippen molar-refractivity contribution in [1.29, 1.82) is 0 Å². The Labute approximate surface area is 276 Å². The summed E-state index contributed by atoms with van der Waals surface area (Å²) < 4.78 is 5.74. The number of carbonyl (C=O) groups excluding carboxylic acids is 1. The van der Waals surface area contributed by atoms with Gasteiger partial charge in [-0.1, -0.05) is 105 Å². The van der Waals surface area contributed by atoms with Gasteiger partial charge in [0.2, 0.25) is 0 Å². The number of pyridine rings is 1. The lowest BCUT2D eigenvalue weighted by Crippen LogP contribution is -2.07. The van der Waals surface area contributed by atoms with E-state index in [1.807, 2.05) is 67.0 Å². The molecule has 0 spiro atoms. The Balaban J connectivity index is 1.44. The average Bonchev–Trinajstić information content (AvgIpc) is 3.31. The number of nitrogens with zero attached hydrogens (tertiary/aromatic N) is 2. The van der Waals surface area contributed by atoms with Gasteiger partial charge in [-0.15, -0.1) is 6.58 Å². The molecule has 0 amide bonds. The first kappa shape index (κ1) is 32.3. The molecular formula is C41H37ClN2O2. The highest BCUT2D eigenvalue weighted by molar-refractivity contribution is 6.37. The molecule has 0 aliphatic carbocycles. The van der Waals surface area contributed by atoms with Crippen molar-refractivity contribution in [2.24, 2.45) is 4.99 Å². The zero-order valence-corrected chi connectivity index (χ0v) is 27.1. The number of carbonyl (C=O) groups is 1. The van der Waals surface area contributed by atoms with Gasteiger partial charge in [-0.3, -0.25) is 14.8 Å². The number of allylic oxidation sites excluding steroid dienone is 7. The normalized spacial score (nSPS) is 14.7. The van der Waals surface area contributed by atoms with Crippen LogP contribution in [0, 0.1) is 0 Å². The number of hydrogen-bond donors (Lipinski definition) is 0. The third-order valence-electron chi connectivity index (χ3n) is 8.28. The second-order valence-electron chi connectivity index (χ2n) is 11.0. The van der Waals surface area contributed by atoms with Crippen LogP contribution in [0.3, 0.4) is 0 Å². The minimum atomic E-state index is -0.188. The number of hydrogen-bond acceptors (Lipinski definition) is 4. The van der Waals surface area contributed by atoms with Crippen LogP contribution < -0.4 is 4.74 Å². The van der Waals surface area contributed by atoms with Gasteiger partial charge in [-0.05, 0) is 69.8 Å². The van der Waals surface area contributed by atoms with E-state index in [0.717, 1.165) is 56.3 Å². The molecule has 0 bridgehead atoms. The molecule has 4 aromatic rings. The van der Waals surface area contributed by atoms with Crippen molar-refractivity contribution in [2.75, 3.05) is 7.11 Å². The summed E-state index contributed by atoms with van der Waals surface area (Å²) in [4.78, 5) is 22.8. The Morgan fingerprint density at radius 2 is 1.85 bits per heavy atom. The second kappa shape index (κ2) is 14.8. The number of Topliss-reactive ketones (excluding diaryl/α,β-unsaturated/α-hetero) is 1. The van der Waals surface area contributed by atoms with Gasteiger partial charge in [0, 0.05) is 47.6 Å². The van der Waals surface area contributed by atoms with E-state index < -0.39 is 0 Å². The smallest absolute Gasteiger partial charge is 0.196 e. The van der Waals surface area contributed by atoms with Crippen molar-refractivity contribution in [3.05, 3.63) is 162 Å². The minimum absolute atomic E-state index is 0.0603. The molecular weight excluding hydrogens is 588 g/mol. The van der Waals surface area contributed by atoms with E-state index in [1.54, 1.807) is 19.4 Å². The predicted molar refractivity (Wildman–Crippen MR) is 195 cm³/mol. The van der Waals surface area contributed by atoms with Gasteiger partial charge in [0.05, 0.1) is 17.7 Å². The number of aromatic nitrogens is 1. The molecule has 0 N–H and O–H groups in total. The van der Waals surface area contributed by atoms with Crippen molar-refractivity contribution in [2.45, 2.75) is 32.1 Å². The van der Waals surface area contributed by atoms with Crippen LogP contribution in [0.1, 0.15) is 64.7 Å². The van der Waals surface area contributed by atoms with Gasteiger partial charge in [0.25, 0.3) is 0 Å². The monoisotopic (exact) mass is 624 g/mol. The fourth-order valence-electron chi connectivity index (χ4n) is 5.76. The zero-order chi connectivity index (χ0) is 32.6. The maximum atomic E-state index is 13.6. The molecule has 1 aliphatic heterocycles. The lowest BCUT2D eigenvalue weighted by atomic mass is 9.89. The summed E-state index contributed by atoms with van der Waals surface area (Å²) >= 11 is 6.95. The number of ketones is 1. The highest BCUT2D eigenvalue weighted by atomic mass is 35.5. The van der Waals surface area contributed by atoms with Crippen LogP contribution in [0.25, 0.3) is 28.0 Å². The Morgan fingerprint density at radius 1 is 1.04 bits per heavy atom. The van der Waals surface area contributed by atoms with Crippen LogP contribution in [0.5, 0.6) is 5.75 Å². The van der Waals surface area contributed by atoms with Gasteiger partial charge in [-0.2, -0.15) is 0 Å². The lowest BCUT2D eigenvalue weighted by Gasteiger charge is -2.17. The van der Waals surface area contributed by atoms with Crippen molar-refractivity contribution < 1.29 is 9.53 Å². The van der Waals surface area contributed by atoms with Crippen LogP contribution in [0.15, 0.2) is 134 Å². The van der Waals surface area contributed by atoms with Crippen molar-refractivity contribution in [3.8, 4) is 5.75 Å². The van der Waals surface area contributed by atoms with E-state index in [2.05, 4.69) is 62.0 Å². The summed E-state index contributed by atoms with van der Waals surface area (Å²) in [6.07, 6.45) is 17.7. The molecule has 1 unspecified atom stereocenters. The fraction of sp³-hybridized carbons (Fsp3) is 0.146. The number of aliphatic imine (C=N–C) groups is 1. The molecule has 5 heteroatoms. The summed E-state index contributed by atoms with van der Waals surface area (Å²) in [6.45, 7) is 14.0. The quantitative estimate of drug-likeness (QED) is 0.0895. The third kappa shape index (κ3) is 6.78. The van der Waals surface area contributed by atoms with Gasteiger partial charge >= 0.3 is 0 Å². The molecule has 0 saturated heterocycles. The van der Waals surface area contributed by atoms with E-state index in [9.17, 15) is 4.79 Å². The Bertz CT molecular complexity index is 1960. The number of halogens is 1. The molecule has 3 aromatic carbocycles. The van der Waals surface area contributed by atoms with E-state index in [-0.39, 0.29) is 11.7 Å². The molecule has 0 saturated carbocycles. The standard InChI is InChI=1S/C41H37ClN2O2/c1-6-9-12-33(35-17-15-30-19-21-43-26-37(30)40(35)42)24-38-29(8-3)23-32(20-22-44-38)31-16-18-36(39(25-31)46-5)41(45)27(4)34-14-11-10-13-28(34)7-2/h6-7,10-23,25-26,32H,1-2,4,8-9,24H2,3,5H3/b33-12-. The maximum absolute atomic E-state index is 13.6. The molecule has 1 aliphatic rings. The van der Waals surface area contributed by atoms with Crippen LogP contribution >= 0.6 is 11.6 Å². The first-order chi connectivity index (χ1) is 22.4. The molecule has 230 valence electrons. The van der Waals surface area contributed by atoms with Gasteiger partial charge in [-0.25, -0.2) is 0 Å². The number of ether oxygens (including phenoxy) is 1. The minimum Gasteiger partial charge on any atom is -0.496 e. The molecule has 0 radical (unpaired) electrons. The van der Waals surface area contributed by atoms with E-state index >= 15 is 0 Å². The summed E-state index contributed by atoms with van der Waals surface area (Å²) in [6, 6.07) is 19.5. The van der Waals surface area contributed by atoms with E-state index in [1.165, 1.54) is 0 Å². The van der Waals surface area contributed by atoms with Crippen LogP contribution in [0.2, 0.25) is 5.02 Å². The van der Waals surface area contributed by atoms with Gasteiger partial charge in [0.1, 0.15) is 5.75 Å². The summed E-state index contributed by atoms with van der Waals surface area (Å²) in [5, 5.41) is 2.65. The largest absolute Gasteiger partial charge is 0.496 e. The van der Waals surface area contributed by atoms with Crippen LogP contribution in [-0.2, 0) is 0 Å². The van der Waals surface area contributed by atoms with Crippen LogP contribution in [-0.4, -0.2) is 23.6 Å². The topological polar surface area (TPSA) is 51.5 Å². The number of methoxy groups -OCH3 is 1. The molecule has 0 fully saturated rings. The number of fused-ring (bicyclic) bond motifs is 1. The fourth-order valence-corrected chi connectivity index (χ4v) is 6.10. The molecule has 1 atom stereocenters. The van der Waals surface area contributed by atoms with Crippen molar-refractivity contribution in [1.82, 2.24) is 4.98 Å². The number of rotatable bonds is 12. The maximum Gasteiger partial charge on any atom is 0.196 e. The molecule has 5 rings (SSSR count). The lowest BCUT2D eigenvalue weighted by molar-refractivity contribution is 0.105. The first-order valence-electron chi connectivity index (χ1n) is 15.3. The Kier molecular flexibility index (Phi) is 10.4. The predicted octanol–water partition coefficient (Wildman–Crippen LogP) is 10.9. The first-order valence-corrected chi connectivity index (χ1v) is 15.7. The number of benzene rings is 3. The van der Waals surface area contributed by atoms with Crippen molar-refractivity contribution in [3.63, 3.8) is 0 Å². The highest BCUT2D eigenvalue weighted by Gasteiger charge is 2.22. The Hall–Kier alpha value is -5.06. The highest BCUT2D eigenvalue weighted by Crippen LogP contribution is 2.36. The summed E-state index contributed by atoms with van der Waals surface area (Å²) in [7, 11) is 1.58. The second-order valence-corrected chi connectivity index (χ2v) is 11.4. The molecule has 2 heterocycles. The summed E-state index contributed by atoms with van der Waals surface area (Å²) in [5.74, 6) is 0.251. The molecule has 1 aromatic heterocycles. The summed E-state index contributed by atoms with van der Waals surface area (Å²) in [5.41, 5.74) is 7.64. The van der Waals surface area contributed by atoms with Crippen molar-refractivity contribution >= 4 is 51.1 Å². The molecule has 4 nitrogen and oxygen atoms in total.